The molecule has 1 saturated carbocycles. The molecule has 2 aliphatic rings. The van der Waals surface area contributed by atoms with E-state index in [0.29, 0.717) is 26.1 Å². The number of benzene rings is 1. The first-order chi connectivity index (χ1) is 12.9. The predicted molar refractivity (Wildman–Crippen MR) is 108 cm³/mol. The molecule has 0 spiro atoms. The molecular weight excluding hydrogens is 405 g/mol. The van der Waals surface area contributed by atoms with E-state index in [9.17, 15) is 17.6 Å². The number of halogens is 2. The maximum atomic E-state index is 13.0. The standard InChI is InChI=1S/C19H28FN3O3S.ClH/c20-16-4-6-17(7-5-16)27(25,26)23-12-10-22(11-13-23)18(24)14-19(15-21)8-2-1-3-9-19;/h4-7H,1-3,8-15,21H2;1H. The first-order valence-corrected chi connectivity index (χ1v) is 11.0. The van der Waals surface area contributed by atoms with Crippen LogP contribution in [0.5, 0.6) is 0 Å². The first kappa shape index (κ1) is 23.1. The zero-order valence-electron chi connectivity index (χ0n) is 16.0. The molecule has 1 aromatic carbocycles. The van der Waals surface area contributed by atoms with Crippen molar-refractivity contribution in [3.8, 4) is 0 Å². The van der Waals surface area contributed by atoms with Crippen LogP contribution >= 0.6 is 12.4 Å². The third-order valence-electron chi connectivity index (χ3n) is 5.92. The lowest BCUT2D eigenvalue weighted by atomic mass is 9.71. The van der Waals surface area contributed by atoms with Gasteiger partial charge in [0.1, 0.15) is 5.82 Å². The van der Waals surface area contributed by atoms with Gasteiger partial charge < -0.3 is 10.6 Å². The molecule has 1 saturated heterocycles. The van der Waals surface area contributed by atoms with Crippen molar-refractivity contribution in [1.82, 2.24) is 9.21 Å². The molecule has 3 rings (SSSR count). The van der Waals surface area contributed by atoms with Crippen molar-refractivity contribution < 1.29 is 17.6 Å². The SMILES string of the molecule is Cl.NCC1(CC(=O)N2CCN(S(=O)(=O)c3ccc(F)cc3)CC2)CCCCC1. The summed E-state index contributed by atoms with van der Waals surface area (Å²) in [5.74, 6) is -0.401. The molecular formula is C19H29ClFN3O3S. The Morgan fingerprint density at radius 3 is 2.14 bits per heavy atom. The Morgan fingerprint density at radius 1 is 1.04 bits per heavy atom. The fourth-order valence-electron chi connectivity index (χ4n) is 4.12. The molecule has 0 aromatic heterocycles. The number of hydrogen-bond acceptors (Lipinski definition) is 4. The molecule has 0 radical (unpaired) electrons. The van der Waals surface area contributed by atoms with Gasteiger partial charge in [0.15, 0.2) is 0 Å². The second-order valence-electron chi connectivity index (χ2n) is 7.68. The third kappa shape index (κ3) is 5.03. The van der Waals surface area contributed by atoms with Gasteiger partial charge in [-0.15, -0.1) is 12.4 Å². The molecule has 9 heteroatoms. The van der Waals surface area contributed by atoms with Gasteiger partial charge in [-0.3, -0.25) is 4.79 Å². The van der Waals surface area contributed by atoms with Crippen LogP contribution in [0, 0.1) is 11.2 Å². The Hall–Kier alpha value is -1.22. The molecule has 1 aromatic rings. The highest BCUT2D eigenvalue weighted by atomic mass is 35.5. The van der Waals surface area contributed by atoms with Crippen LogP contribution in [0.3, 0.4) is 0 Å². The summed E-state index contributed by atoms with van der Waals surface area (Å²) >= 11 is 0. The highest BCUT2D eigenvalue weighted by molar-refractivity contribution is 7.89. The van der Waals surface area contributed by atoms with Crippen LogP contribution in [0.2, 0.25) is 0 Å². The van der Waals surface area contributed by atoms with E-state index in [1.165, 1.54) is 22.9 Å². The van der Waals surface area contributed by atoms with Gasteiger partial charge in [0.05, 0.1) is 4.90 Å². The molecule has 1 aliphatic heterocycles. The largest absolute Gasteiger partial charge is 0.340 e. The Labute approximate surface area is 172 Å². The number of sulfonamides is 1. The smallest absolute Gasteiger partial charge is 0.243 e. The molecule has 1 amide bonds. The monoisotopic (exact) mass is 433 g/mol. The maximum Gasteiger partial charge on any atom is 0.243 e. The fraction of sp³-hybridized carbons (Fsp3) is 0.632. The van der Waals surface area contributed by atoms with Crippen LogP contribution < -0.4 is 5.73 Å². The second kappa shape index (κ2) is 9.52. The van der Waals surface area contributed by atoms with Crippen LogP contribution in [-0.2, 0) is 14.8 Å². The average molecular weight is 434 g/mol. The minimum absolute atomic E-state index is 0. The Kier molecular flexibility index (Phi) is 7.84. The third-order valence-corrected chi connectivity index (χ3v) is 7.83. The van der Waals surface area contributed by atoms with Crippen molar-refractivity contribution >= 4 is 28.3 Å². The molecule has 1 aliphatic carbocycles. The van der Waals surface area contributed by atoms with E-state index in [-0.39, 0.29) is 41.7 Å². The first-order valence-electron chi connectivity index (χ1n) is 9.60. The molecule has 28 heavy (non-hydrogen) atoms. The molecule has 2 fully saturated rings. The summed E-state index contributed by atoms with van der Waals surface area (Å²) in [6, 6.07) is 4.83. The van der Waals surface area contributed by atoms with E-state index < -0.39 is 15.8 Å². The average Bonchev–Trinajstić information content (AvgIpc) is 2.69. The van der Waals surface area contributed by atoms with Crippen molar-refractivity contribution in [2.75, 3.05) is 32.7 Å². The minimum atomic E-state index is -3.66. The van der Waals surface area contributed by atoms with E-state index in [0.717, 1.165) is 37.8 Å². The highest BCUT2D eigenvalue weighted by Crippen LogP contribution is 2.38. The van der Waals surface area contributed by atoms with E-state index >= 15 is 0 Å². The van der Waals surface area contributed by atoms with Gasteiger partial charge in [-0.25, -0.2) is 12.8 Å². The summed E-state index contributed by atoms with van der Waals surface area (Å²) < 4.78 is 39.8. The van der Waals surface area contributed by atoms with E-state index in [1.54, 1.807) is 4.90 Å². The molecule has 1 heterocycles. The molecule has 0 unspecified atom stereocenters. The van der Waals surface area contributed by atoms with Gasteiger partial charge >= 0.3 is 0 Å². The summed E-state index contributed by atoms with van der Waals surface area (Å²) in [4.78, 5) is 14.6. The Balaban J connectivity index is 0.00000280. The summed E-state index contributed by atoms with van der Waals surface area (Å²) in [5.41, 5.74) is 5.89. The van der Waals surface area contributed by atoms with Gasteiger partial charge in [-0.2, -0.15) is 4.31 Å². The number of piperazine rings is 1. The van der Waals surface area contributed by atoms with Gasteiger partial charge in [0, 0.05) is 32.6 Å². The molecule has 6 nitrogen and oxygen atoms in total. The Bertz CT molecular complexity index is 759. The highest BCUT2D eigenvalue weighted by Gasteiger charge is 2.36. The van der Waals surface area contributed by atoms with Crippen LogP contribution in [-0.4, -0.2) is 56.3 Å². The van der Waals surface area contributed by atoms with Crippen molar-refractivity contribution in [3.63, 3.8) is 0 Å². The van der Waals surface area contributed by atoms with Crippen molar-refractivity contribution in [2.24, 2.45) is 11.1 Å². The lowest BCUT2D eigenvalue weighted by molar-refractivity contribution is -0.135. The van der Waals surface area contributed by atoms with Gasteiger partial charge in [-0.05, 0) is 49.1 Å². The maximum absolute atomic E-state index is 13.0. The molecule has 0 atom stereocenters. The Morgan fingerprint density at radius 2 is 1.61 bits per heavy atom. The van der Waals surface area contributed by atoms with Crippen molar-refractivity contribution in [3.05, 3.63) is 30.1 Å². The number of carbonyl (C=O) groups is 1. The fourth-order valence-corrected chi connectivity index (χ4v) is 5.54. The van der Waals surface area contributed by atoms with Gasteiger partial charge in [0.25, 0.3) is 0 Å². The normalized spacial score (nSPS) is 20.4. The lowest BCUT2D eigenvalue weighted by Gasteiger charge is -2.39. The number of amides is 1. The van der Waals surface area contributed by atoms with E-state index in [4.69, 9.17) is 5.73 Å². The van der Waals surface area contributed by atoms with Gasteiger partial charge in [-0.1, -0.05) is 19.3 Å². The summed E-state index contributed by atoms with van der Waals surface area (Å²) in [7, 11) is -3.66. The number of nitrogens with two attached hydrogens (primary N) is 1. The van der Waals surface area contributed by atoms with Crippen molar-refractivity contribution in [2.45, 2.75) is 43.4 Å². The number of hydrogen-bond donors (Lipinski definition) is 1. The zero-order chi connectivity index (χ0) is 19.5. The lowest BCUT2D eigenvalue weighted by Crippen LogP contribution is -2.51. The summed E-state index contributed by atoms with van der Waals surface area (Å²) in [6.45, 7) is 1.78. The predicted octanol–water partition coefficient (Wildman–Crippen LogP) is 2.38. The van der Waals surface area contributed by atoms with Crippen LogP contribution in [0.25, 0.3) is 0 Å². The number of rotatable bonds is 5. The van der Waals surface area contributed by atoms with Crippen LogP contribution in [0.15, 0.2) is 29.2 Å². The van der Waals surface area contributed by atoms with E-state index in [1.807, 2.05) is 0 Å². The minimum Gasteiger partial charge on any atom is -0.340 e. The van der Waals surface area contributed by atoms with Gasteiger partial charge in [0.2, 0.25) is 15.9 Å². The van der Waals surface area contributed by atoms with Crippen LogP contribution in [0.1, 0.15) is 38.5 Å². The molecule has 158 valence electrons. The summed E-state index contributed by atoms with van der Waals surface area (Å²) in [6.07, 6.45) is 5.88. The van der Waals surface area contributed by atoms with Crippen molar-refractivity contribution in [1.29, 1.82) is 0 Å². The molecule has 0 bridgehead atoms. The second-order valence-corrected chi connectivity index (χ2v) is 9.62. The number of nitrogens with zero attached hydrogens (tertiary/aromatic N) is 2. The summed E-state index contributed by atoms with van der Waals surface area (Å²) in [5, 5.41) is 0. The van der Waals surface area contributed by atoms with Crippen LogP contribution in [0.4, 0.5) is 4.39 Å². The topological polar surface area (TPSA) is 83.7 Å². The quantitative estimate of drug-likeness (QED) is 0.772. The van der Waals surface area contributed by atoms with E-state index in [2.05, 4.69) is 0 Å². The number of carbonyl (C=O) groups excluding carboxylic acids is 1. The molecule has 2 N–H and O–H groups in total. The zero-order valence-corrected chi connectivity index (χ0v) is 17.6.